The van der Waals surface area contributed by atoms with Crippen LogP contribution in [0.3, 0.4) is 0 Å². The molecule has 0 bridgehead atoms. The van der Waals surface area contributed by atoms with Gasteiger partial charge in [-0.25, -0.2) is 0 Å². The lowest BCUT2D eigenvalue weighted by Crippen LogP contribution is -2.27. The zero-order chi connectivity index (χ0) is 13.7. The quantitative estimate of drug-likeness (QED) is 0.870. The van der Waals surface area contributed by atoms with E-state index >= 15 is 0 Å². The number of benzene rings is 1. The standard InChI is InChI=1S/C15H18F3N/c16-15(17,18)14-6-4-12(5-7-14)2-1-3-13-8-10-19-11-9-13/h1-2,4-7,13,19H,3,8-11H2/b2-1+. The van der Waals surface area contributed by atoms with E-state index in [-0.39, 0.29) is 0 Å². The molecule has 2 rings (SSSR count). The van der Waals surface area contributed by atoms with E-state index in [0.717, 1.165) is 37.2 Å². The van der Waals surface area contributed by atoms with Gasteiger partial charge in [0, 0.05) is 0 Å². The Hall–Kier alpha value is -1.29. The Balaban J connectivity index is 1.88. The summed E-state index contributed by atoms with van der Waals surface area (Å²) in [6.45, 7) is 2.14. The predicted octanol–water partition coefficient (Wildman–Crippen LogP) is 4.11. The van der Waals surface area contributed by atoms with Crippen LogP contribution in [-0.2, 0) is 6.18 Å². The van der Waals surface area contributed by atoms with Crippen LogP contribution in [0.1, 0.15) is 30.4 Å². The zero-order valence-corrected chi connectivity index (χ0v) is 10.7. The molecule has 0 aromatic heterocycles. The summed E-state index contributed by atoms with van der Waals surface area (Å²) in [5, 5.41) is 3.31. The molecule has 1 N–H and O–H groups in total. The van der Waals surface area contributed by atoms with Gasteiger partial charge in [-0.05, 0) is 56.0 Å². The normalized spacial score (nSPS) is 18.1. The first-order chi connectivity index (χ1) is 9.05. The van der Waals surface area contributed by atoms with Crippen LogP contribution in [0, 0.1) is 5.92 Å². The van der Waals surface area contributed by atoms with Crippen LogP contribution in [-0.4, -0.2) is 13.1 Å². The van der Waals surface area contributed by atoms with E-state index in [0.29, 0.717) is 5.92 Å². The van der Waals surface area contributed by atoms with Crippen molar-refractivity contribution < 1.29 is 13.2 Å². The highest BCUT2D eigenvalue weighted by Crippen LogP contribution is 2.29. The topological polar surface area (TPSA) is 12.0 Å². The number of hydrogen-bond acceptors (Lipinski definition) is 1. The molecule has 0 saturated carbocycles. The maximum absolute atomic E-state index is 12.4. The second kappa shape index (κ2) is 6.24. The maximum atomic E-state index is 12.4. The summed E-state index contributed by atoms with van der Waals surface area (Å²) in [7, 11) is 0. The first-order valence-electron chi connectivity index (χ1n) is 6.60. The van der Waals surface area contributed by atoms with Gasteiger partial charge in [0.25, 0.3) is 0 Å². The Morgan fingerprint density at radius 3 is 2.32 bits per heavy atom. The van der Waals surface area contributed by atoms with Crippen LogP contribution in [0.2, 0.25) is 0 Å². The lowest BCUT2D eigenvalue weighted by atomic mass is 9.94. The number of rotatable bonds is 3. The molecule has 1 aromatic carbocycles. The molecule has 1 aliphatic rings. The highest BCUT2D eigenvalue weighted by atomic mass is 19.4. The van der Waals surface area contributed by atoms with Crippen LogP contribution in [0.25, 0.3) is 6.08 Å². The number of nitrogens with one attached hydrogen (secondary N) is 1. The Labute approximate surface area is 111 Å². The molecule has 4 heteroatoms. The van der Waals surface area contributed by atoms with E-state index in [9.17, 15) is 13.2 Å². The summed E-state index contributed by atoms with van der Waals surface area (Å²) < 4.78 is 37.2. The number of halogens is 3. The first-order valence-corrected chi connectivity index (χ1v) is 6.60. The third-order valence-corrected chi connectivity index (χ3v) is 3.48. The minimum atomic E-state index is -4.25. The van der Waals surface area contributed by atoms with Crippen LogP contribution in [0.4, 0.5) is 13.2 Å². The molecule has 104 valence electrons. The van der Waals surface area contributed by atoms with Gasteiger partial charge >= 0.3 is 6.18 Å². The molecule has 1 nitrogen and oxygen atoms in total. The summed E-state index contributed by atoms with van der Waals surface area (Å²) in [4.78, 5) is 0. The van der Waals surface area contributed by atoms with E-state index < -0.39 is 11.7 Å². The van der Waals surface area contributed by atoms with Gasteiger partial charge in [0.2, 0.25) is 0 Å². The molecule has 1 aromatic rings. The molecule has 1 fully saturated rings. The average molecular weight is 269 g/mol. The van der Waals surface area contributed by atoms with Crippen LogP contribution < -0.4 is 5.32 Å². The van der Waals surface area contributed by atoms with Gasteiger partial charge in [-0.15, -0.1) is 0 Å². The number of alkyl halides is 3. The molecule has 1 saturated heterocycles. The van der Waals surface area contributed by atoms with Gasteiger partial charge in [-0.2, -0.15) is 13.2 Å². The molecule has 0 atom stereocenters. The third-order valence-electron chi connectivity index (χ3n) is 3.48. The summed E-state index contributed by atoms with van der Waals surface area (Å²) in [5.41, 5.74) is 0.227. The minimum absolute atomic E-state index is 0.594. The van der Waals surface area contributed by atoms with E-state index in [2.05, 4.69) is 11.4 Å². The van der Waals surface area contributed by atoms with Crippen molar-refractivity contribution in [3.63, 3.8) is 0 Å². The highest BCUT2D eigenvalue weighted by Gasteiger charge is 2.29. The van der Waals surface area contributed by atoms with Crippen molar-refractivity contribution in [3.8, 4) is 0 Å². The van der Waals surface area contributed by atoms with Gasteiger partial charge in [0.05, 0.1) is 5.56 Å². The largest absolute Gasteiger partial charge is 0.416 e. The fourth-order valence-corrected chi connectivity index (χ4v) is 2.30. The number of allylic oxidation sites excluding steroid dienone is 1. The number of piperidine rings is 1. The lowest BCUT2D eigenvalue weighted by Gasteiger charge is -2.20. The number of hydrogen-bond donors (Lipinski definition) is 1. The van der Waals surface area contributed by atoms with Crippen molar-refractivity contribution in [2.24, 2.45) is 5.92 Å². The molecular formula is C15H18F3N. The second-order valence-electron chi connectivity index (χ2n) is 4.95. The second-order valence-corrected chi connectivity index (χ2v) is 4.95. The first kappa shape index (κ1) is 14.1. The maximum Gasteiger partial charge on any atom is 0.416 e. The van der Waals surface area contributed by atoms with Gasteiger partial charge in [0.1, 0.15) is 0 Å². The predicted molar refractivity (Wildman–Crippen MR) is 70.7 cm³/mol. The third kappa shape index (κ3) is 4.39. The van der Waals surface area contributed by atoms with E-state index in [1.54, 1.807) is 0 Å². The monoisotopic (exact) mass is 269 g/mol. The molecule has 0 spiro atoms. The summed E-state index contributed by atoms with van der Waals surface area (Å²) in [6, 6.07) is 5.29. The molecule has 19 heavy (non-hydrogen) atoms. The Morgan fingerprint density at radius 1 is 1.11 bits per heavy atom. The minimum Gasteiger partial charge on any atom is -0.317 e. The summed E-state index contributed by atoms with van der Waals surface area (Å²) >= 11 is 0. The lowest BCUT2D eigenvalue weighted by molar-refractivity contribution is -0.137. The van der Waals surface area contributed by atoms with Crippen molar-refractivity contribution in [1.29, 1.82) is 0 Å². The van der Waals surface area contributed by atoms with Gasteiger partial charge in [-0.1, -0.05) is 24.3 Å². The fourth-order valence-electron chi connectivity index (χ4n) is 2.30. The molecular weight excluding hydrogens is 251 g/mol. The molecule has 0 unspecified atom stereocenters. The van der Waals surface area contributed by atoms with E-state index in [1.807, 2.05) is 6.08 Å². The van der Waals surface area contributed by atoms with Crippen LogP contribution >= 0.6 is 0 Å². The highest BCUT2D eigenvalue weighted by molar-refractivity contribution is 5.49. The van der Waals surface area contributed by atoms with Crippen LogP contribution in [0.5, 0.6) is 0 Å². The fraction of sp³-hybridized carbons (Fsp3) is 0.467. The van der Waals surface area contributed by atoms with E-state index in [1.165, 1.54) is 25.0 Å². The molecule has 1 heterocycles. The van der Waals surface area contributed by atoms with Gasteiger partial charge in [0.15, 0.2) is 0 Å². The summed E-state index contributed by atoms with van der Waals surface area (Å²) in [6.07, 6.45) is 3.08. The summed E-state index contributed by atoms with van der Waals surface area (Å²) in [5.74, 6) is 0.701. The SMILES string of the molecule is FC(F)(F)c1ccc(/C=C/CC2CCNCC2)cc1. The van der Waals surface area contributed by atoms with Crippen molar-refractivity contribution in [1.82, 2.24) is 5.32 Å². The van der Waals surface area contributed by atoms with Gasteiger partial charge < -0.3 is 5.32 Å². The van der Waals surface area contributed by atoms with Crippen molar-refractivity contribution in [3.05, 3.63) is 41.5 Å². The Bertz CT molecular complexity index is 414. The van der Waals surface area contributed by atoms with Crippen LogP contribution in [0.15, 0.2) is 30.3 Å². The molecule has 0 aliphatic carbocycles. The van der Waals surface area contributed by atoms with E-state index in [4.69, 9.17) is 0 Å². The Kier molecular flexibility index (Phi) is 4.64. The molecule has 0 radical (unpaired) electrons. The van der Waals surface area contributed by atoms with Crippen molar-refractivity contribution in [2.75, 3.05) is 13.1 Å². The van der Waals surface area contributed by atoms with Gasteiger partial charge in [-0.3, -0.25) is 0 Å². The molecule has 1 aliphatic heterocycles. The van der Waals surface area contributed by atoms with Crippen molar-refractivity contribution >= 4 is 6.08 Å². The molecule has 0 amide bonds. The zero-order valence-electron chi connectivity index (χ0n) is 10.7. The smallest absolute Gasteiger partial charge is 0.317 e. The van der Waals surface area contributed by atoms with Crippen molar-refractivity contribution in [2.45, 2.75) is 25.4 Å². The Morgan fingerprint density at radius 2 is 1.74 bits per heavy atom. The average Bonchev–Trinajstić information content (AvgIpc) is 2.39.